The van der Waals surface area contributed by atoms with Gasteiger partial charge < -0.3 is 25.3 Å². The molecule has 1 atom stereocenters. The Hall–Kier alpha value is -0.780. The molecule has 0 saturated heterocycles. The summed E-state index contributed by atoms with van der Waals surface area (Å²) in [7, 11) is -0.640. The minimum Gasteiger partial charge on any atom is -0.390 e. The van der Waals surface area contributed by atoms with E-state index in [0.717, 1.165) is 0 Å². The second-order valence-electron chi connectivity index (χ2n) is 7.82. The molecule has 0 bridgehead atoms. The maximum atomic E-state index is 12.3. The summed E-state index contributed by atoms with van der Waals surface area (Å²) in [4.78, 5) is 26.8. The molecule has 2 aromatic rings. The summed E-state index contributed by atoms with van der Waals surface area (Å²) >= 11 is 32.8. The van der Waals surface area contributed by atoms with E-state index < -0.39 is 23.5 Å². The van der Waals surface area contributed by atoms with Crippen LogP contribution in [0.4, 0.5) is 11.9 Å². The maximum absolute atomic E-state index is 12.3. The Kier molecular flexibility index (Phi) is 23.4. The van der Waals surface area contributed by atoms with E-state index in [2.05, 4.69) is 9.97 Å². The summed E-state index contributed by atoms with van der Waals surface area (Å²) in [5.74, 6) is -2.68. The summed E-state index contributed by atoms with van der Waals surface area (Å²) in [6.07, 6.45) is 2.55. The molecule has 0 aliphatic heterocycles. The first-order chi connectivity index (χ1) is 20.0. The number of rotatable bonds is 16. The van der Waals surface area contributed by atoms with Crippen molar-refractivity contribution in [1.29, 1.82) is 0 Å². The van der Waals surface area contributed by atoms with Crippen molar-refractivity contribution in [1.82, 2.24) is 28.4 Å². The fraction of sp³-hybridized carbons (Fsp3) is 0.684. The van der Waals surface area contributed by atoms with Crippen molar-refractivity contribution in [2.45, 2.75) is 20.6 Å². The number of hydrogen-bond donors (Lipinski definition) is 2. The first kappa shape index (κ1) is 45.3. The topological polar surface area (TPSA) is 218 Å². The third kappa shape index (κ3) is 15.7. The molecule has 0 aliphatic carbocycles. The standard InChI is InChI=1S/C9H16Cl2N5O4P.C5H7N3O3.C4H8Cl4NOP.CH4/c1-14-8(6-13-9(14)16(17)18)7-20-21(12,19)15(4-2-10)5-3-11;1-7-4(3-9)2-6-5(7)8(10)11;5-1-3-9(4-2-6)11(7,8)10;/h6H,2-5,7H2,1H3,(H2,12,19);2,9H,3H2,1H3;1-4H2;1H4. The van der Waals surface area contributed by atoms with Crippen LogP contribution in [0.5, 0.6) is 0 Å². The molecule has 44 heavy (non-hydrogen) atoms. The van der Waals surface area contributed by atoms with Gasteiger partial charge in [0.15, 0.2) is 0 Å². The minimum absolute atomic E-state index is 0. The van der Waals surface area contributed by atoms with Crippen molar-refractivity contribution in [3.63, 3.8) is 0 Å². The van der Waals surface area contributed by atoms with Crippen LogP contribution in [0, 0.1) is 20.2 Å². The Bertz CT molecular complexity index is 1240. The number of halogens is 6. The van der Waals surface area contributed by atoms with E-state index in [9.17, 15) is 29.4 Å². The molecule has 0 aliphatic rings. The van der Waals surface area contributed by atoms with Gasteiger partial charge in [0.25, 0.3) is 0 Å². The van der Waals surface area contributed by atoms with Gasteiger partial charge in [-0.1, -0.05) is 17.4 Å². The van der Waals surface area contributed by atoms with Gasteiger partial charge in [-0.25, -0.2) is 24.0 Å². The van der Waals surface area contributed by atoms with E-state index in [-0.39, 0.29) is 57.4 Å². The predicted molar refractivity (Wildman–Crippen MR) is 174 cm³/mol. The highest BCUT2D eigenvalue weighted by molar-refractivity contribution is 8.06. The van der Waals surface area contributed by atoms with Crippen molar-refractivity contribution in [3.05, 3.63) is 44.0 Å². The number of nitrogens with zero attached hydrogens (tertiary/aromatic N) is 8. The van der Waals surface area contributed by atoms with E-state index >= 15 is 0 Å². The van der Waals surface area contributed by atoms with Crippen molar-refractivity contribution >= 4 is 94.5 Å². The Morgan fingerprint density at radius 2 is 1.23 bits per heavy atom. The number of imidazole rings is 2. The van der Waals surface area contributed by atoms with E-state index in [4.69, 9.17) is 84.0 Å². The Labute approximate surface area is 284 Å². The number of nitrogens with two attached hydrogens (primary N) is 1. The van der Waals surface area contributed by atoms with Crippen molar-refractivity contribution in [2.24, 2.45) is 19.6 Å². The monoisotopic (exact) mass is 789 g/mol. The summed E-state index contributed by atoms with van der Waals surface area (Å²) in [5.41, 5.74) is 6.48. The molecule has 1 unspecified atom stereocenters. The number of aliphatic hydroxyl groups excluding tert-OH is 1. The first-order valence-corrected chi connectivity index (χ1v) is 19.0. The molecule has 25 heteroatoms. The highest BCUT2D eigenvalue weighted by Gasteiger charge is 2.28. The third-order valence-corrected chi connectivity index (χ3v) is 9.80. The van der Waals surface area contributed by atoms with Crippen LogP contribution in [0.3, 0.4) is 0 Å². The van der Waals surface area contributed by atoms with Gasteiger partial charge in [0, 0.05) is 49.7 Å². The number of nitro groups is 2. The molecule has 0 fully saturated rings. The van der Waals surface area contributed by atoms with Gasteiger partial charge in [-0.2, -0.15) is 0 Å². The van der Waals surface area contributed by atoms with Gasteiger partial charge in [0.2, 0.25) is 0 Å². The lowest BCUT2D eigenvalue weighted by Gasteiger charge is -2.26. The first-order valence-electron chi connectivity index (χ1n) is 11.7. The van der Waals surface area contributed by atoms with Gasteiger partial charge >= 0.3 is 25.6 Å². The average molecular weight is 792 g/mol. The van der Waals surface area contributed by atoms with Crippen molar-refractivity contribution in [2.75, 3.05) is 49.7 Å². The van der Waals surface area contributed by atoms with Crippen LogP contribution in [0.1, 0.15) is 18.8 Å². The van der Waals surface area contributed by atoms with Crippen LogP contribution in [0.15, 0.2) is 12.4 Å². The summed E-state index contributed by atoms with van der Waals surface area (Å²) in [5, 5.41) is 29.5. The maximum Gasteiger partial charge on any atom is 0.434 e. The normalized spacial score (nSPS) is 12.5. The molecule has 3 N–H and O–H groups in total. The molecule has 2 aromatic heterocycles. The van der Waals surface area contributed by atoms with Gasteiger partial charge in [0.05, 0.1) is 14.1 Å². The zero-order valence-electron chi connectivity index (χ0n) is 22.8. The van der Waals surface area contributed by atoms with E-state index in [0.29, 0.717) is 36.2 Å². The van der Waals surface area contributed by atoms with E-state index in [1.807, 2.05) is 0 Å². The van der Waals surface area contributed by atoms with Crippen LogP contribution in [-0.4, -0.2) is 93.1 Å². The quantitative estimate of drug-likeness (QED) is 0.0930. The zero-order valence-corrected chi connectivity index (χ0v) is 29.2. The molecule has 2 heterocycles. The zero-order chi connectivity index (χ0) is 33.4. The van der Waals surface area contributed by atoms with Crippen LogP contribution in [0.2, 0.25) is 0 Å². The number of hydrogen-bond acceptors (Lipinski definition) is 10. The lowest BCUT2D eigenvalue weighted by Crippen LogP contribution is -2.29. The summed E-state index contributed by atoms with van der Waals surface area (Å²) in [6, 6.07) is 0. The fourth-order valence-electron chi connectivity index (χ4n) is 2.85. The van der Waals surface area contributed by atoms with Crippen molar-refractivity contribution in [3.8, 4) is 0 Å². The van der Waals surface area contributed by atoms with Crippen LogP contribution < -0.4 is 5.50 Å². The van der Waals surface area contributed by atoms with Gasteiger partial charge in [-0.3, -0.25) is 13.7 Å². The number of aliphatic hydroxyl groups is 1. The minimum atomic E-state index is -3.58. The average Bonchev–Trinajstić information content (AvgIpc) is 3.49. The Balaban J connectivity index is 0. The predicted octanol–water partition coefficient (Wildman–Crippen LogP) is 5.50. The molecule has 0 amide bonds. The highest BCUT2D eigenvalue weighted by atomic mass is 35.9. The number of aromatic nitrogens is 4. The largest absolute Gasteiger partial charge is 0.434 e. The van der Waals surface area contributed by atoms with E-state index in [1.54, 1.807) is 0 Å². The number of alkyl halides is 4. The van der Waals surface area contributed by atoms with Crippen molar-refractivity contribution < 1.29 is 28.6 Å². The van der Waals surface area contributed by atoms with Crippen LogP contribution in [-0.2, 0) is 41.0 Å². The summed E-state index contributed by atoms with van der Waals surface area (Å²) < 4.78 is 33.8. The molecule has 0 saturated carbocycles. The highest BCUT2D eigenvalue weighted by Crippen LogP contribution is 2.59. The summed E-state index contributed by atoms with van der Waals surface area (Å²) in [6.45, 7) is 0.877. The molecule has 0 aromatic carbocycles. The van der Waals surface area contributed by atoms with Gasteiger partial charge in [-0.05, 0) is 32.3 Å². The second-order valence-corrected chi connectivity index (χ2v) is 16.0. The van der Waals surface area contributed by atoms with Gasteiger partial charge in [-0.15, -0.1) is 46.4 Å². The lowest BCUT2D eigenvalue weighted by molar-refractivity contribution is -0.396. The molecular weight excluding hydrogens is 757 g/mol. The third-order valence-electron chi connectivity index (χ3n) is 5.10. The Morgan fingerprint density at radius 3 is 1.52 bits per heavy atom. The second kappa shape index (κ2) is 22.7. The molecule has 0 radical (unpaired) electrons. The molecule has 17 nitrogen and oxygen atoms in total. The Morgan fingerprint density at radius 1 is 0.864 bits per heavy atom. The van der Waals surface area contributed by atoms with Gasteiger partial charge in [0.1, 0.15) is 37.0 Å². The molecule has 0 spiro atoms. The molecular formula is C19H35Cl6N9O8P2. The van der Waals surface area contributed by atoms with Crippen LogP contribution >= 0.6 is 82.6 Å². The molecule has 2 rings (SSSR count). The fourth-order valence-corrected chi connectivity index (χ4v) is 6.95. The SMILES string of the molecule is C.Cn1c(CO)cnc1[N+](=O)[O-].Cn1c(COP(N)(=O)N(CCCl)CCCl)cnc1[N+](=O)[O-].O=P(Cl)(Cl)N(CCCl)CCCl. The smallest absolute Gasteiger partial charge is 0.390 e. The lowest BCUT2D eigenvalue weighted by atomic mass is 10.5. The molecule has 256 valence electrons. The van der Waals surface area contributed by atoms with Crippen LogP contribution in [0.25, 0.3) is 0 Å². The van der Waals surface area contributed by atoms with E-state index in [1.165, 1.54) is 45.0 Å².